The Balaban J connectivity index is 1.58. The number of aryl methyl sites for hydroxylation is 1. The van der Waals surface area contributed by atoms with Crippen molar-refractivity contribution in [2.24, 2.45) is 0 Å². The van der Waals surface area contributed by atoms with E-state index < -0.39 is 11.0 Å². The van der Waals surface area contributed by atoms with Gasteiger partial charge in [0.05, 0.1) is 17.1 Å². The van der Waals surface area contributed by atoms with Crippen molar-refractivity contribution in [1.82, 2.24) is 10.2 Å². The summed E-state index contributed by atoms with van der Waals surface area (Å²) in [6.45, 7) is 3.49. The molecule has 2 aromatic heterocycles. The van der Waals surface area contributed by atoms with Crippen molar-refractivity contribution in [3.63, 3.8) is 0 Å². The first-order valence-electron chi connectivity index (χ1n) is 7.82. The summed E-state index contributed by atoms with van der Waals surface area (Å²) in [4.78, 5) is 12.7. The monoisotopic (exact) mass is 411 g/mol. The number of aromatic nitrogens is 2. The van der Waals surface area contributed by atoms with Crippen molar-refractivity contribution in [2.45, 2.75) is 35.0 Å². The first-order valence-corrected chi connectivity index (χ1v) is 9.58. The van der Waals surface area contributed by atoms with Crippen molar-refractivity contribution < 1.29 is 22.4 Å². The third-order valence-corrected chi connectivity index (χ3v) is 5.15. The molecular weight excluding hydrogens is 396 g/mol. The molecular formula is C17H15F2N3O3S2. The molecule has 0 unspecified atom stereocenters. The number of hydrogen-bond acceptors (Lipinski definition) is 7. The number of benzene rings is 1. The molecule has 0 aliphatic carbocycles. The number of alkyl halides is 2. The fourth-order valence-electron chi connectivity index (χ4n) is 2.14. The van der Waals surface area contributed by atoms with Crippen LogP contribution in [0.3, 0.4) is 0 Å². The zero-order valence-corrected chi connectivity index (χ0v) is 15.9. The number of halogens is 2. The van der Waals surface area contributed by atoms with Gasteiger partial charge in [-0.3, -0.25) is 4.79 Å². The second kappa shape index (κ2) is 8.57. The van der Waals surface area contributed by atoms with E-state index in [1.807, 2.05) is 0 Å². The van der Waals surface area contributed by atoms with Gasteiger partial charge in [0.15, 0.2) is 0 Å². The third kappa shape index (κ3) is 5.10. The molecule has 27 heavy (non-hydrogen) atoms. The number of furan rings is 1. The number of carbonyl (C=O) groups is 1. The minimum atomic E-state index is -2.48. The third-order valence-electron chi connectivity index (χ3n) is 3.49. The fraction of sp³-hybridized carbons (Fsp3) is 0.235. The summed E-state index contributed by atoms with van der Waals surface area (Å²) >= 11 is 1.57. The molecule has 2 heterocycles. The summed E-state index contributed by atoms with van der Waals surface area (Å²) in [6, 6.07) is 7.94. The van der Waals surface area contributed by atoms with Crippen LogP contribution in [-0.4, -0.2) is 27.1 Å². The molecule has 0 radical (unpaired) electrons. The topological polar surface area (TPSA) is 81.2 Å². The highest BCUT2D eigenvalue weighted by atomic mass is 32.2. The lowest BCUT2D eigenvalue weighted by atomic mass is 10.3. The van der Waals surface area contributed by atoms with Gasteiger partial charge in [-0.2, -0.15) is 8.78 Å². The van der Waals surface area contributed by atoms with E-state index >= 15 is 0 Å². The first kappa shape index (κ1) is 19.4. The lowest BCUT2D eigenvalue weighted by Crippen LogP contribution is -2.22. The summed E-state index contributed by atoms with van der Waals surface area (Å²) in [5.74, 6) is -1.77. The van der Waals surface area contributed by atoms with E-state index in [1.54, 1.807) is 32.0 Å². The van der Waals surface area contributed by atoms with E-state index in [4.69, 9.17) is 8.83 Å². The molecule has 0 saturated carbocycles. The summed E-state index contributed by atoms with van der Waals surface area (Å²) in [5.41, 5.74) is 1.22. The summed E-state index contributed by atoms with van der Waals surface area (Å²) < 4.78 is 35.4. The minimum absolute atomic E-state index is 0.261. The Morgan fingerprint density at radius 1 is 1.15 bits per heavy atom. The number of carbonyl (C=O) groups excluding carboxylic acids is 1. The molecule has 0 spiro atoms. The Morgan fingerprint density at radius 2 is 1.89 bits per heavy atom. The van der Waals surface area contributed by atoms with Crippen LogP contribution in [0, 0.1) is 6.92 Å². The predicted octanol–water partition coefficient (Wildman–Crippen LogP) is 5.07. The molecule has 0 aliphatic rings. The zero-order chi connectivity index (χ0) is 19.4. The standard InChI is InChI=1S/C17H15F2N3O3S2/c1-9-13(7-8-24-9)15-21-22-17(25-15)26-10(2)14(23)20-11-3-5-12(6-4-11)27-16(18)19/h3-8,10,16H,1-2H3,(H,20,23)/t10-/m0/s1. The van der Waals surface area contributed by atoms with Gasteiger partial charge in [0.1, 0.15) is 5.76 Å². The first-order chi connectivity index (χ1) is 12.9. The van der Waals surface area contributed by atoms with Crippen LogP contribution in [0.4, 0.5) is 14.5 Å². The van der Waals surface area contributed by atoms with Gasteiger partial charge in [0.2, 0.25) is 5.91 Å². The molecule has 3 rings (SSSR count). The van der Waals surface area contributed by atoms with Crippen LogP contribution >= 0.6 is 23.5 Å². The van der Waals surface area contributed by atoms with Gasteiger partial charge in [0.25, 0.3) is 16.9 Å². The van der Waals surface area contributed by atoms with Crippen molar-refractivity contribution in [3.05, 3.63) is 42.4 Å². The maximum absolute atomic E-state index is 12.3. The van der Waals surface area contributed by atoms with E-state index in [9.17, 15) is 13.6 Å². The van der Waals surface area contributed by atoms with E-state index in [-0.39, 0.29) is 11.1 Å². The SMILES string of the molecule is Cc1occc1-c1nnc(S[C@@H](C)C(=O)Nc2ccc(SC(F)F)cc2)o1. The van der Waals surface area contributed by atoms with E-state index in [0.29, 0.717) is 39.6 Å². The normalized spacial score (nSPS) is 12.3. The highest BCUT2D eigenvalue weighted by Crippen LogP contribution is 2.29. The van der Waals surface area contributed by atoms with Gasteiger partial charge >= 0.3 is 0 Å². The Bertz CT molecular complexity index is 912. The quantitative estimate of drug-likeness (QED) is 0.544. The molecule has 0 bridgehead atoms. The molecule has 6 nitrogen and oxygen atoms in total. The Kier molecular flexibility index (Phi) is 6.17. The van der Waals surface area contributed by atoms with Gasteiger partial charge in [0, 0.05) is 10.6 Å². The molecule has 10 heteroatoms. The maximum Gasteiger partial charge on any atom is 0.288 e. The van der Waals surface area contributed by atoms with Crippen LogP contribution in [0.1, 0.15) is 12.7 Å². The van der Waals surface area contributed by atoms with Gasteiger partial charge < -0.3 is 14.2 Å². The van der Waals surface area contributed by atoms with Gasteiger partial charge in [-0.1, -0.05) is 23.5 Å². The highest BCUT2D eigenvalue weighted by molar-refractivity contribution is 8.00. The van der Waals surface area contributed by atoms with Crippen LogP contribution in [0.25, 0.3) is 11.5 Å². The van der Waals surface area contributed by atoms with Gasteiger partial charge in [-0.25, -0.2) is 0 Å². The molecule has 3 aromatic rings. The zero-order valence-electron chi connectivity index (χ0n) is 14.3. The van der Waals surface area contributed by atoms with E-state index in [2.05, 4.69) is 15.5 Å². The van der Waals surface area contributed by atoms with Crippen LogP contribution in [-0.2, 0) is 4.79 Å². The van der Waals surface area contributed by atoms with Crippen molar-refractivity contribution in [2.75, 3.05) is 5.32 Å². The second-order valence-electron chi connectivity index (χ2n) is 5.42. The highest BCUT2D eigenvalue weighted by Gasteiger charge is 2.20. The number of amides is 1. The maximum atomic E-state index is 12.3. The minimum Gasteiger partial charge on any atom is -0.469 e. The number of hydrogen-bond donors (Lipinski definition) is 1. The number of nitrogens with zero attached hydrogens (tertiary/aromatic N) is 2. The average Bonchev–Trinajstić information content (AvgIpc) is 3.24. The van der Waals surface area contributed by atoms with E-state index in [1.165, 1.54) is 18.4 Å². The fourth-order valence-corrected chi connectivity index (χ4v) is 3.32. The summed E-state index contributed by atoms with van der Waals surface area (Å²) in [7, 11) is 0. The van der Waals surface area contributed by atoms with E-state index in [0.717, 1.165) is 11.8 Å². The second-order valence-corrected chi connectivity index (χ2v) is 7.77. The molecule has 0 fully saturated rings. The summed E-state index contributed by atoms with van der Waals surface area (Å²) in [5, 5.41) is 10.4. The van der Waals surface area contributed by atoms with Gasteiger partial charge in [-0.05, 0) is 44.2 Å². The lowest BCUT2D eigenvalue weighted by Gasteiger charge is -2.10. The van der Waals surface area contributed by atoms with Crippen LogP contribution in [0.5, 0.6) is 0 Å². The van der Waals surface area contributed by atoms with Crippen LogP contribution < -0.4 is 5.32 Å². The van der Waals surface area contributed by atoms with Crippen molar-refractivity contribution in [1.29, 1.82) is 0 Å². The predicted molar refractivity (Wildman–Crippen MR) is 99.0 cm³/mol. The Labute approximate surface area is 162 Å². The molecule has 1 atom stereocenters. The van der Waals surface area contributed by atoms with Crippen LogP contribution in [0.15, 0.2) is 55.5 Å². The average molecular weight is 411 g/mol. The number of rotatable bonds is 7. The van der Waals surface area contributed by atoms with Crippen molar-refractivity contribution >= 4 is 35.1 Å². The molecule has 142 valence electrons. The number of nitrogens with one attached hydrogen (secondary N) is 1. The Hall–Kier alpha value is -2.33. The smallest absolute Gasteiger partial charge is 0.288 e. The summed E-state index contributed by atoms with van der Waals surface area (Å²) in [6.07, 6.45) is 1.53. The lowest BCUT2D eigenvalue weighted by molar-refractivity contribution is -0.115. The molecule has 0 saturated heterocycles. The molecule has 1 aromatic carbocycles. The largest absolute Gasteiger partial charge is 0.469 e. The number of anilines is 1. The molecule has 1 N–H and O–H groups in total. The molecule has 1 amide bonds. The molecule has 0 aliphatic heterocycles. The Morgan fingerprint density at radius 3 is 2.52 bits per heavy atom. The van der Waals surface area contributed by atoms with Crippen molar-refractivity contribution in [3.8, 4) is 11.5 Å². The van der Waals surface area contributed by atoms with Crippen LogP contribution in [0.2, 0.25) is 0 Å². The number of thioether (sulfide) groups is 2. The van der Waals surface area contributed by atoms with Gasteiger partial charge in [-0.15, -0.1) is 10.2 Å².